The summed E-state index contributed by atoms with van der Waals surface area (Å²) in [6.07, 6.45) is 51.7. The van der Waals surface area contributed by atoms with Crippen LogP contribution in [0, 0.1) is 0 Å². The zero-order chi connectivity index (χ0) is 47.1. The van der Waals surface area contributed by atoms with Crippen LogP contribution in [-0.4, -0.2) is 63.7 Å². The van der Waals surface area contributed by atoms with Gasteiger partial charge in [0.05, 0.1) is 12.2 Å². The molecule has 0 spiro atoms. The van der Waals surface area contributed by atoms with Crippen LogP contribution in [0.3, 0.4) is 0 Å². The first-order valence-electron chi connectivity index (χ1n) is 29.0. The minimum Gasteiger partial charge on any atom is -0.462 e. The second-order valence-electron chi connectivity index (χ2n) is 20.0. The molecule has 0 aliphatic carbocycles. The molecule has 65 heavy (non-hydrogen) atoms. The first kappa shape index (κ1) is 61.1. The molecule has 0 saturated heterocycles. The maximum atomic E-state index is 12.9. The minimum atomic E-state index is 0.0273. The number of nitrogens with zero attached hydrogens (tertiary/aromatic N) is 4. The van der Waals surface area contributed by atoms with Crippen molar-refractivity contribution in [3.8, 4) is 0 Å². The number of ether oxygens (including phenoxy) is 2. The Hall–Kier alpha value is -1.96. The molecule has 0 fully saturated rings. The van der Waals surface area contributed by atoms with Crippen molar-refractivity contribution in [1.82, 2.24) is 19.9 Å². The quantitative estimate of drug-likeness (QED) is 0.0475. The fraction of sp³-hybridized carbons (Fsp3) is 0.930. The highest BCUT2D eigenvalue weighted by Gasteiger charge is 2.16. The van der Waals surface area contributed by atoms with Gasteiger partial charge in [0.1, 0.15) is 12.2 Å². The van der Waals surface area contributed by atoms with Crippen LogP contribution in [0.4, 0.5) is 0 Å². The normalized spacial score (nSPS) is 11.8. The van der Waals surface area contributed by atoms with Crippen LogP contribution < -0.4 is 0 Å². The van der Waals surface area contributed by atoms with E-state index in [1.54, 1.807) is 0 Å². The molecule has 1 rings (SSSR count). The van der Waals surface area contributed by atoms with Gasteiger partial charge in [0, 0.05) is 25.6 Å². The third-order valence-electron chi connectivity index (χ3n) is 13.6. The highest BCUT2D eigenvalue weighted by molar-refractivity contribution is 5.69. The predicted molar refractivity (Wildman–Crippen MR) is 278 cm³/mol. The van der Waals surface area contributed by atoms with Crippen LogP contribution in [0.25, 0.3) is 0 Å². The molecule has 1 aromatic rings. The summed E-state index contributed by atoms with van der Waals surface area (Å²) < 4.78 is 14.2. The van der Waals surface area contributed by atoms with Crippen molar-refractivity contribution in [2.75, 3.05) is 19.6 Å². The summed E-state index contributed by atoms with van der Waals surface area (Å²) in [4.78, 5) is 28.5. The van der Waals surface area contributed by atoms with Gasteiger partial charge in [-0.15, -0.1) is 5.10 Å². The van der Waals surface area contributed by atoms with E-state index in [1.807, 2.05) is 4.68 Å². The zero-order valence-electron chi connectivity index (χ0n) is 44.2. The second kappa shape index (κ2) is 47.1. The number of hydrogen-bond acceptors (Lipinski definition) is 7. The van der Waals surface area contributed by atoms with E-state index in [9.17, 15) is 9.59 Å². The predicted octanol–water partition coefficient (Wildman–Crippen LogP) is 17.0. The molecular weight excluding hydrogens is 805 g/mol. The smallest absolute Gasteiger partial charge is 0.306 e. The fourth-order valence-electron chi connectivity index (χ4n) is 9.29. The van der Waals surface area contributed by atoms with Gasteiger partial charge in [-0.05, 0) is 96.6 Å². The molecule has 0 unspecified atom stereocenters. The van der Waals surface area contributed by atoms with Gasteiger partial charge in [0.25, 0.3) is 0 Å². The Kier molecular flexibility index (Phi) is 44.3. The van der Waals surface area contributed by atoms with Gasteiger partial charge in [-0.25, -0.2) is 0 Å². The van der Waals surface area contributed by atoms with Crippen LogP contribution in [0.15, 0.2) is 6.20 Å². The number of hydrogen-bond donors (Lipinski definition) is 0. The monoisotopic (exact) mass is 915 g/mol. The van der Waals surface area contributed by atoms with Gasteiger partial charge in [-0.1, -0.05) is 213 Å². The van der Waals surface area contributed by atoms with Crippen LogP contribution in [0.1, 0.15) is 304 Å². The van der Waals surface area contributed by atoms with Crippen molar-refractivity contribution in [3.05, 3.63) is 11.9 Å². The fourth-order valence-corrected chi connectivity index (χ4v) is 9.29. The van der Waals surface area contributed by atoms with Crippen molar-refractivity contribution >= 4 is 11.9 Å². The number of unbranched alkanes of at least 4 members (excludes halogenated alkanes) is 28. The zero-order valence-corrected chi connectivity index (χ0v) is 44.2. The van der Waals surface area contributed by atoms with E-state index >= 15 is 0 Å². The molecule has 0 amide bonds. The number of aromatic nitrogens is 3. The first-order chi connectivity index (χ1) is 31.9. The molecule has 382 valence electrons. The Balaban J connectivity index is 2.45. The van der Waals surface area contributed by atoms with Gasteiger partial charge < -0.3 is 14.4 Å². The number of esters is 2. The topological polar surface area (TPSA) is 86.5 Å². The lowest BCUT2D eigenvalue weighted by Gasteiger charge is -2.22. The highest BCUT2D eigenvalue weighted by Crippen LogP contribution is 2.20. The Bertz CT molecular complexity index is 1060. The van der Waals surface area contributed by atoms with Crippen LogP contribution in [0.2, 0.25) is 0 Å². The van der Waals surface area contributed by atoms with Crippen molar-refractivity contribution in [1.29, 1.82) is 0 Å². The second-order valence-corrected chi connectivity index (χ2v) is 20.0. The molecule has 1 aromatic heterocycles. The van der Waals surface area contributed by atoms with E-state index in [4.69, 9.17) is 9.47 Å². The Morgan fingerprint density at radius 2 is 0.785 bits per heavy atom. The van der Waals surface area contributed by atoms with E-state index < -0.39 is 0 Å². The van der Waals surface area contributed by atoms with E-state index in [-0.39, 0.29) is 24.1 Å². The standard InChI is InChI=1S/C57H110N4O4/c1-6-11-15-19-25-33-42-54(43-34-26-20-16-12-7-2)64-56(62)46-37-29-23-31-39-48-60(50-51-61-52-53(41-10-5)58-59-61)49-40-32-24-30-38-47-57(63)65-55(44-35-27-21-17-13-8-3)45-36-28-22-18-14-9-4/h52,54-55H,6-51H2,1-5H3. The molecule has 0 atom stereocenters. The van der Waals surface area contributed by atoms with Crippen molar-refractivity contribution in [2.45, 2.75) is 323 Å². The van der Waals surface area contributed by atoms with E-state index in [1.165, 1.54) is 193 Å². The van der Waals surface area contributed by atoms with E-state index in [0.717, 1.165) is 96.1 Å². The Labute approximate surface area is 404 Å². The summed E-state index contributed by atoms with van der Waals surface area (Å²) in [6, 6.07) is 0. The summed E-state index contributed by atoms with van der Waals surface area (Å²) in [7, 11) is 0. The summed E-state index contributed by atoms with van der Waals surface area (Å²) >= 11 is 0. The van der Waals surface area contributed by atoms with Crippen molar-refractivity contribution < 1.29 is 19.1 Å². The summed E-state index contributed by atoms with van der Waals surface area (Å²) in [5.41, 5.74) is 1.09. The first-order valence-corrected chi connectivity index (χ1v) is 29.0. The van der Waals surface area contributed by atoms with Crippen LogP contribution >= 0.6 is 0 Å². The summed E-state index contributed by atoms with van der Waals surface area (Å²) in [5.74, 6) is 0.0547. The minimum absolute atomic E-state index is 0.0273. The lowest BCUT2D eigenvalue weighted by atomic mass is 10.0. The SMILES string of the molecule is CCCCCCCCC(CCCCCCCC)OC(=O)CCCCCCCN(CCCCCCCC(=O)OC(CCCCCCCC)CCCCCCCC)CCn1cc(CCC)nn1. The molecule has 8 nitrogen and oxygen atoms in total. The Morgan fingerprint density at radius 3 is 1.15 bits per heavy atom. The maximum absolute atomic E-state index is 12.9. The van der Waals surface area contributed by atoms with Crippen molar-refractivity contribution in [3.63, 3.8) is 0 Å². The molecule has 8 heteroatoms. The molecule has 0 radical (unpaired) electrons. The molecule has 0 aliphatic rings. The Morgan fingerprint density at radius 1 is 0.446 bits per heavy atom. The molecule has 0 bridgehead atoms. The molecule has 1 heterocycles. The molecule has 0 aromatic carbocycles. The molecule has 0 N–H and O–H groups in total. The summed E-state index contributed by atoms with van der Waals surface area (Å²) in [5, 5.41) is 8.79. The number of aryl methyl sites for hydroxylation is 1. The molecule has 0 saturated carbocycles. The number of carbonyl (C=O) groups is 2. The van der Waals surface area contributed by atoms with Gasteiger partial charge in [-0.3, -0.25) is 14.3 Å². The van der Waals surface area contributed by atoms with Gasteiger partial charge >= 0.3 is 11.9 Å². The number of carbonyl (C=O) groups excluding carboxylic acids is 2. The van der Waals surface area contributed by atoms with Gasteiger partial charge in [0.2, 0.25) is 0 Å². The third kappa shape index (κ3) is 39.7. The largest absolute Gasteiger partial charge is 0.462 e. The van der Waals surface area contributed by atoms with Crippen molar-refractivity contribution in [2.24, 2.45) is 0 Å². The van der Waals surface area contributed by atoms with Gasteiger partial charge in [-0.2, -0.15) is 0 Å². The summed E-state index contributed by atoms with van der Waals surface area (Å²) in [6.45, 7) is 15.3. The van der Waals surface area contributed by atoms with Crippen LogP contribution in [-0.2, 0) is 32.0 Å². The van der Waals surface area contributed by atoms with Gasteiger partial charge in [0.15, 0.2) is 0 Å². The molecule has 0 aliphatic heterocycles. The highest BCUT2D eigenvalue weighted by atomic mass is 16.5. The molecular formula is C57H110N4O4. The third-order valence-corrected chi connectivity index (χ3v) is 13.6. The van der Waals surface area contributed by atoms with E-state index in [2.05, 4.69) is 56.0 Å². The average Bonchev–Trinajstić information content (AvgIpc) is 3.76. The number of rotatable bonds is 51. The lowest BCUT2D eigenvalue weighted by molar-refractivity contribution is -0.151. The maximum Gasteiger partial charge on any atom is 0.306 e. The lowest BCUT2D eigenvalue weighted by Crippen LogP contribution is -2.30. The van der Waals surface area contributed by atoms with Crippen LogP contribution in [0.5, 0.6) is 0 Å². The van der Waals surface area contributed by atoms with E-state index in [0.29, 0.717) is 12.8 Å². The average molecular weight is 916 g/mol.